The number of nitrogens with one attached hydrogen (secondary N) is 1. The summed E-state index contributed by atoms with van der Waals surface area (Å²) in [6.45, 7) is -0.0176. The fourth-order valence-corrected chi connectivity index (χ4v) is 3.77. The second kappa shape index (κ2) is 3.81. The van der Waals surface area contributed by atoms with E-state index in [0.717, 1.165) is 0 Å². The van der Waals surface area contributed by atoms with Crippen LogP contribution in [0.25, 0.3) is 0 Å². The summed E-state index contributed by atoms with van der Waals surface area (Å²) in [5, 5.41) is 0. The van der Waals surface area contributed by atoms with E-state index < -0.39 is 29.8 Å². The van der Waals surface area contributed by atoms with Gasteiger partial charge >= 0.3 is 17.9 Å². The standard InChI is InChI=1S/C4H11N4O5PS/c5-3-1-2-8(4(3)9)14(6,10)7-15(11,12)13/h3H,1-2,5H2,(H3,6,7,10)(H,11,12,13)/t3-,14-/m1/s1. The van der Waals surface area contributed by atoms with E-state index in [2.05, 4.69) is 0 Å². The zero-order chi connectivity index (χ0) is 11.9. The van der Waals surface area contributed by atoms with Gasteiger partial charge in [-0.05, 0) is 6.42 Å². The van der Waals surface area contributed by atoms with Gasteiger partial charge in [0.2, 0.25) is 5.91 Å². The van der Waals surface area contributed by atoms with Gasteiger partial charge < -0.3 is 5.73 Å². The Morgan fingerprint density at radius 1 is 1.60 bits per heavy atom. The Balaban J connectivity index is 2.88. The highest BCUT2D eigenvalue weighted by molar-refractivity contribution is 7.90. The number of carbonyl (C=O) groups is 1. The first-order valence-corrected chi connectivity index (χ1v) is 7.03. The lowest BCUT2D eigenvalue weighted by Gasteiger charge is -2.22. The fourth-order valence-electron chi connectivity index (χ4n) is 1.20. The molecule has 1 saturated heterocycles. The quantitative estimate of drug-likeness (QED) is 0.337. The lowest BCUT2D eigenvalue weighted by molar-refractivity contribution is -0.124. The number of nitrogens with zero attached hydrogens (tertiary/aromatic N) is 1. The fraction of sp³-hybridized carbons (Fsp3) is 0.750. The normalized spacial score (nSPS) is 26.7. The van der Waals surface area contributed by atoms with Crippen LogP contribution in [0.5, 0.6) is 0 Å². The molecule has 0 aromatic heterocycles. The second-order valence-electron chi connectivity index (χ2n) is 3.05. The van der Waals surface area contributed by atoms with E-state index >= 15 is 0 Å². The third kappa shape index (κ3) is 2.97. The SMILES string of the molecule is N[C@@H]1CCN([P@](N)(=O)NS(=O)(=O)O)C1=O. The first kappa shape index (κ1) is 12.6. The van der Waals surface area contributed by atoms with Gasteiger partial charge in [-0.2, -0.15) is 8.42 Å². The molecule has 0 saturated carbocycles. The van der Waals surface area contributed by atoms with Gasteiger partial charge in [0.05, 0.1) is 6.04 Å². The summed E-state index contributed by atoms with van der Waals surface area (Å²) in [7, 11) is -8.87. The molecule has 0 unspecified atom stereocenters. The van der Waals surface area contributed by atoms with Crippen LogP contribution in [0.1, 0.15) is 6.42 Å². The highest BCUT2D eigenvalue weighted by Gasteiger charge is 2.40. The van der Waals surface area contributed by atoms with Crippen molar-refractivity contribution in [3.63, 3.8) is 0 Å². The molecule has 0 aliphatic carbocycles. The summed E-state index contributed by atoms with van der Waals surface area (Å²) >= 11 is 0. The summed E-state index contributed by atoms with van der Waals surface area (Å²) < 4.78 is 42.7. The van der Waals surface area contributed by atoms with Crippen LogP contribution in [0.3, 0.4) is 0 Å². The van der Waals surface area contributed by atoms with Crippen LogP contribution in [0, 0.1) is 0 Å². The maximum Gasteiger partial charge on any atom is 0.341 e. The third-order valence-corrected chi connectivity index (χ3v) is 4.91. The first-order chi connectivity index (χ1) is 6.63. The summed E-state index contributed by atoms with van der Waals surface area (Å²) in [6, 6.07) is -0.843. The predicted octanol–water partition coefficient (Wildman–Crippen LogP) is -1.99. The van der Waals surface area contributed by atoms with E-state index in [0.29, 0.717) is 4.67 Å². The monoisotopic (exact) mass is 258 g/mol. The molecule has 11 heteroatoms. The van der Waals surface area contributed by atoms with Crippen molar-refractivity contribution in [1.29, 1.82) is 0 Å². The molecular weight excluding hydrogens is 247 g/mol. The second-order valence-corrected chi connectivity index (χ2v) is 6.45. The van der Waals surface area contributed by atoms with E-state index in [9.17, 15) is 17.8 Å². The third-order valence-electron chi connectivity index (χ3n) is 1.83. The Morgan fingerprint density at radius 3 is 2.47 bits per heavy atom. The van der Waals surface area contributed by atoms with Crippen LogP contribution >= 0.6 is 7.59 Å². The maximum atomic E-state index is 11.6. The topological polar surface area (TPSA) is 156 Å². The van der Waals surface area contributed by atoms with Crippen LogP contribution in [0.2, 0.25) is 0 Å². The van der Waals surface area contributed by atoms with Gasteiger partial charge in [-0.15, -0.1) is 4.49 Å². The van der Waals surface area contributed by atoms with Crippen LogP contribution in [0.4, 0.5) is 0 Å². The van der Waals surface area contributed by atoms with Gasteiger partial charge in [0.25, 0.3) is 0 Å². The molecule has 0 bridgehead atoms. The molecule has 88 valence electrons. The van der Waals surface area contributed by atoms with Crippen molar-refractivity contribution in [3.05, 3.63) is 0 Å². The summed E-state index contributed by atoms with van der Waals surface area (Å²) in [4.78, 5) is 11.3. The highest BCUT2D eigenvalue weighted by atomic mass is 32.2. The van der Waals surface area contributed by atoms with Crippen molar-refractivity contribution < 1.29 is 22.3 Å². The molecule has 1 amide bonds. The predicted molar refractivity (Wildman–Crippen MR) is 50.8 cm³/mol. The largest absolute Gasteiger partial charge is 0.341 e. The lowest BCUT2D eigenvalue weighted by Crippen LogP contribution is -2.39. The van der Waals surface area contributed by atoms with Crippen molar-refractivity contribution in [2.75, 3.05) is 6.54 Å². The molecule has 0 spiro atoms. The molecule has 0 aromatic rings. The molecule has 1 fully saturated rings. The molecule has 6 N–H and O–H groups in total. The molecular formula is C4H11N4O5PS. The molecule has 1 heterocycles. The smallest absolute Gasteiger partial charge is 0.320 e. The zero-order valence-corrected chi connectivity index (χ0v) is 9.24. The van der Waals surface area contributed by atoms with Crippen molar-refractivity contribution in [1.82, 2.24) is 9.16 Å². The number of hydrogen-bond acceptors (Lipinski definition) is 5. The minimum absolute atomic E-state index is 0.0176. The van der Waals surface area contributed by atoms with Crippen LogP contribution in [-0.4, -0.2) is 36.1 Å². The van der Waals surface area contributed by atoms with Gasteiger partial charge in [0.15, 0.2) is 0 Å². The Bertz CT molecular complexity index is 421. The van der Waals surface area contributed by atoms with Crippen molar-refractivity contribution >= 4 is 23.8 Å². The maximum absolute atomic E-state index is 11.6. The number of carbonyl (C=O) groups excluding carboxylic acids is 1. The minimum atomic E-state index is -4.73. The number of amides is 1. The lowest BCUT2D eigenvalue weighted by atomic mass is 10.3. The average molecular weight is 258 g/mol. The van der Waals surface area contributed by atoms with Crippen molar-refractivity contribution in [2.45, 2.75) is 12.5 Å². The van der Waals surface area contributed by atoms with E-state index in [1.165, 1.54) is 4.49 Å². The van der Waals surface area contributed by atoms with Gasteiger partial charge in [0, 0.05) is 6.54 Å². The number of hydrogen-bond donors (Lipinski definition) is 4. The van der Waals surface area contributed by atoms with Gasteiger partial charge in [-0.3, -0.25) is 24.1 Å². The van der Waals surface area contributed by atoms with Crippen molar-refractivity contribution in [3.8, 4) is 0 Å². The van der Waals surface area contributed by atoms with Crippen LogP contribution < -0.4 is 15.7 Å². The van der Waals surface area contributed by atoms with E-state index in [-0.39, 0.29) is 13.0 Å². The van der Waals surface area contributed by atoms with E-state index in [1.54, 1.807) is 0 Å². The number of rotatable bonds is 3. The van der Waals surface area contributed by atoms with E-state index in [1.807, 2.05) is 0 Å². The van der Waals surface area contributed by atoms with Gasteiger partial charge in [-0.25, -0.2) is 0 Å². The molecule has 1 rings (SSSR count). The highest BCUT2D eigenvalue weighted by Crippen LogP contribution is 2.40. The molecule has 1 aliphatic rings. The van der Waals surface area contributed by atoms with Gasteiger partial charge in [-0.1, -0.05) is 0 Å². The van der Waals surface area contributed by atoms with Crippen LogP contribution in [0.15, 0.2) is 0 Å². The Morgan fingerprint density at radius 2 is 2.13 bits per heavy atom. The zero-order valence-electron chi connectivity index (χ0n) is 7.53. The average Bonchev–Trinajstić information content (AvgIpc) is 2.27. The Kier molecular flexibility index (Phi) is 3.19. The molecule has 2 atom stereocenters. The Hall–Kier alpha value is -0.510. The molecule has 0 aromatic carbocycles. The molecule has 9 nitrogen and oxygen atoms in total. The molecule has 15 heavy (non-hydrogen) atoms. The summed E-state index contributed by atoms with van der Waals surface area (Å²) in [6.07, 6.45) is 0.229. The first-order valence-electron chi connectivity index (χ1n) is 3.86. The summed E-state index contributed by atoms with van der Waals surface area (Å²) in [5.74, 6) is -0.711. The molecule has 1 aliphatic heterocycles. The van der Waals surface area contributed by atoms with Crippen molar-refractivity contribution in [2.24, 2.45) is 11.2 Å². The minimum Gasteiger partial charge on any atom is -0.320 e. The Labute approximate surface area is 86.2 Å². The molecule has 0 radical (unpaired) electrons. The number of nitrogens with two attached hydrogens (primary N) is 2. The summed E-state index contributed by atoms with van der Waals surface area (Å²) in [5.41, 5.74) is 10.4. The van der Waals surface area contributed by atoms with Crippen LogP contribution in [-0.2, 0) is 19.7 Å². The van der Waals surface area contributed by atoms with E-state index in [4.69, 9.17) is 15.8 Å². The van der Waals surface area contributed by atoms with Gasteiger partial charge in [0.1, 0.15) is 0 Å².